The van der Waals surface area contributed by atoms with Crippen LogP contribution < -0.4 is 0 Å². The number of hydrogen-bond donors (Lipinski definition) is 0. The molecule has 0 spiro atoms. The second-order valence-corrected chi connectivity index (χ2v) is 4.72. The van der Waals surface area contributed by atoms with Crippen LogP contribution in [0.5, 0.6) is 0 Å². The monoisotopic (exact) mass is 348 g/mol. The predicted octanol–water partition coefficient (Wildman–Crippen LogP) is 3.31. The summed E-state index contributed by atoms with van der Waals surface area (Å²) in [5.41, 5.74) is 0.986. The first-order valence-electron chi connectivity index (χ1n) is 3.76. The van der Waals surface area contributed by atoms with Gasteiger partial charge in [0.05, 0.1) is 5.52 Å². The maximum atomic E-state index is 4.33. The number of benzene rings is 1. The second kappa shape index (κ2) is 3.49. The predicted molar refractivity (Wildman–Crippen MR) is 64.7 cm³/mol. The Balaban J connectivity index is 2.87. The molecule has 0 aliphatic heterocycles. The van der Waals surface area contributed by atoms with Crippen molar-refractivity contribution in [2.75, 3.05) is 0 Å². The maximum absolute atomic E-state index is 4.33. The van der Waals surface area contributed by atoms with Crippen molar-refractivity contribution in [2.24, 2.45) is 0 Å². The minimum Gasteiger partial charge on any atom is -0.233 e. The van der Waals surface area contributed by atoms with Gasteiger partial charge >= 0.3 is 0 Å². The first-order chi connectivity index (χ1) is 6.16. The average molecular weight is 349 g/mol. The summed E-state index contributed by atoms with van der Waals surface area (Å²) >= 11 is 5.70. The second-order valence-electron chi connectivity index (χ2n) is 2.72. The lowest BCUT2D eigenvalue weighted by Crippen LogP contribution is -1.90. The SMILES string of the molecule is Cc1nc(Br)c2cc(I)ccc2n1. The number of halogens is 2. The minimum absolute atomic E-state index is 0.792. The molecule has 0 radical (unpaired) electrons. The molecule has 0 aliphatic rings. The zero-order chi connectivity index (χ0) is 9.42. The molecule has 1 aromatic heterocycles. The van der Waals surface area contributed by atoms with Gasteiger partial charge in [-0.05, 0) is 63.6 Å². The topological polar surface area (TPSA) is 25.8 Å². The summed E-state index contributed by atoms with van der Waals surface area (Å²) in [6.07, 6.45) is 0. The van der Waals surface area contributed by atoms with E-state index in [0.29, 0.717) is 0 Å². The van der Waals surface area contributed by atoms with Crippen LogP contribution in [0.25, 0.3) is 10.9 Å². The van der Waals surface area contributed by atoms with Crippen molar-refractivity contribution in [3.8, 4) is 0 Å². The largest absolute Gasteiger partial charge is 0.233 e. The van der Waals surface area contributed by atoms with Gasteiger partial charge in [0.2, 0.25) is 0 Å². The fourth-order valence-electron chi connectivity index (χ4n) is 1.17. The van der Waals surface area contributed by atoms with E-state index in [9.17, 15) is 0 Å². The number of fused-ring (bicyclic) bond motifs is 1. The average Bonchev–Trinajstić information content (AvgIpc) is 2.06. The molecule has 2 aromatic rings. The Bertz CT molecular complexity index is 470. The molecule has 0 amide bonds. The van der Waals surface area contributed by atoms with Crippen LogP contribution in [0.3, 0.4) is 0 Å². The van der Waals surface area contributed by atoms with Gasteiger partial charge in [0.15, 0.2) is 0 Å². The van der Waals surface area contributed by atoms with Crippen molar-refractivity contribution >= 4 is 49.4 Å². The van der Waals surface area contributed by atoms with E-state index in [1.807, 2.05) is 19.1 Å². The first-order valence-corrected chi connectivity index (χ1v) is 5.63. The molecule has 2 rings (SSSR count). The Hall–Kier alpha value is -0.230. The number of aromatic nitrogens is 2. The van der Waals surface area contributed by atoms with E-state index in [2.05, 4.69) is 54.6 Å². The Labute approximate surface area is 98.0 Å². The van der Waals surface area contributed by atoms with Crippen LogP contribution in [-0.2, 0) is 0 Å². The van der Waals surface area contributed by atoms with E-state index in [1.165, 1.54) is 3.57 Å². The highest BCUT2D eigenvalue weighted by Crippen LogP contribution is 2.22. The van der Waals surface area contributed by atoms with E-state index in [1.54, 1.807) is 0 Å². The van der Waals surface area contributed by atoms with Crippen LogP contribution >= 0.6 is 38.5 Å². The van der Waals surface area contributed by atoms with Crippen molar-refractivity contribution in [3.05, 3.63) is 32.2 Å². The normalized spacial score (nSPS) is 10.7. The van der Waals surface area contributed by atoms with Crippen LogP contribution in [0.2, 0.25) is 0 Å². The van der Waals surface area contributed by atoms with Gasteiger partial charge in [-0.1, -0.05) is 0 Å². The molecule has 66 valence electrons. The van der Waals surface area contributed by atoms with Crippen LogP contribution in [0, 0.1) is 10.5 Å². The number of hydrogen-bond acceptors (Lipinski definition) is 2. The summed E-state index contributed by atoms with van der Waals surface area (Å²) in [7, 11) is 0. The van der Waals surface area contributed by atoms with E-state index in [4.69, 9.17) is 0 Å². The summed E-state index contributed by atoms with van der Waals surface area (Å²) in [5, 5.41) is 1.07. The van der Waals surface area contributed by atoms with Gasteiger partial charge in [0.1, 0.15) is 10.4 Å². The van der Waals surface area contributed by atoms with Crippen LogP contribution in [0.15, 0.2) is 22.8 Å². The summed E-state index contributed by atoms with van der Waals surface area (Å²) in [4.78, 5) is 8.58. The maximum Gasteiger partial charge on any atom is 0.127 e. The lowest BCUT2D eigenvalue weighted by molar-refractivity contribution is 1.07. The fraction of sp³-hybridized carbons (Fsp3) is 0.111. The van der Waals surface area contributed by atoms with Crippen LogP contribution in [-0.4, -0.2) is 9.97 Å². The Morgan fingerprint density at radius 1 is 1.31 bits per heavy atom. The third kappa shape index (κ3) is 1.83. The summed E-state index contributed by atoms with van der Waals surface area (Å²) in [6, 6.07) is 6.12. The van der Waals surface area contributed by atoms with Gasteiger partial charge in [-0.15, -0.1) is 0 Å². The van der Waals surface area contributed by atoms with Gasteiger partial charge in [-0.2, -0.15) is 0 Å². The first kappa shape index (κ1) is 9.33. The molecule has 0 saturated carbocycles. The van der Waals surface area contributed by atoms with E-state index < -0.39 is 0 Å². The summed E-state index contributed by atoms with van der Waals surface area (Å²) < 4.78 is 2.06. The molecule has 4 heteroatoms. The van der Waals surface area contributed by atoms with Crippen molar-refractivity contribution in [2.45, 2.75) is 6.92 Å². The van der Waals surface area contributed by atoms with Gasteiger partial charge in [-0.25, -0.2) is 9.97 Å². The Morgan fingerprint density at radius 2 is 2.08 bits per heavy atom. The molecule has 0 fully saturated rings. The van der Waals surface area contributed by atoms with Crippen molar-refractivity contribution in [1.82, 2.24) is 9.97 Å². The molecule has 0 saturated heterocycles. The van der Waals surface area contributed by atoms with Gasteiger partial charge in [0, 0.05) is 8.96 Å². The molecule has 1 heterocycles. The van der Waals surface area contributed by atoms with E-state index in [0.717, 1.165) is 21.3 Å². The molecule has 13 heavy (non-hydrogen) atoms. The number of aryl methyl sites for hydroxylation is 1. The molecule has 0 N–H and O–H groups in total. The van der Waals surface area contributed by atoms with Gasteiger partial charge < -0.3 is 0 Å². The van der Waals surface area contributed by atoms with E-state index >= 15 is 0 Å². The molecule has 1 aromatic carbocycles. The summed E-state index contributed by atoms with van der Waals surface area (Å²) in [6.45, 7) is 1.89. The van der Waals surface area contributed by atoms with Crippen LogP contribution in [0.1, 0.15) is 5.82 Å². The molecule has 2 nitrogen and oxygen atoms in total. The highest BCUT2D eigenvalue weighted by molar-refractivity contribution is 14.1. The molecular formula is C9H6BrIN2. The molecule has 0 bridgehead atoms. The zero-order valence-corrected chi connectivity index (χ0v) is 10.6. The highest BCUT2D eigenvalue weighted by Gasteiger charge is 2.02. The van der Waals surface area contributed by atoms with Crippen LogP contribution in [0.4, 0.5) is 0 Å². The zero-order valence-electron chi connectivity index (χ0n) is 6.88. The van der Waals surface area contributed by atoms with Crippen molar-refractivity contribution in [3.63, 3.8) is 0 Å². The number of nitrogens with zero attached hydrogens (tertiary/aromatic N) is 2. The Morgan fingerprint density at radius 3 is 2.85 bits per heavy atom. The third-order valence-electron chi connectivity index (χ3n) is 1.72. The van der Waals surface area contributed by atoms with Crippen molar-refractivity contribution < 1.29 is 0 Å². The van der Waals surface area contributed by atoms with Gasteiger partial charge in [0.25, 0.3) is 0 Å². The molecule has 0 unspecified atom stereocenters. The fourth-order valence-corrected chi connectivity index (χ4v) is 2.24. The van der Waals surface area contributed by atoms with E-state index in [-0.39, 0.29) is 0 Å². The highest BCUT2D eigenvalue weighted by atomic mass is 127. The lowest BCUT2D eigenvalue weighted by atomic mass is 10.2. The van der Waals surface area contributed by atoms with Gasteiger partial charge in [-0.3, -0.25) is 0 Å². The smallest absolute Gasteiger partial charge is 0.127 e. The third-order valence-corrected chi connectivity index (χ3v) is 3.00. The minimum atomic E-state index is 0.792. The van der Waals surface area contributed by atoms with Crippen molar-refractivity contribution in [1.29, 1.82) is 0 Å². The standard InChI is InChI=1S/C9H6BrIN2/c1-5-12-8-3-2-6(11)4-7(8)9(10)13-5/h2-4H,1H3. The molecule has 0 atom stereocenters. The molecule has 0 aliphatic carbocycles. The number of rotatable bonds is 0. The quantitative estimate of drug-likeness (QED) is 0.539. The Kier molecular flexibility index (Phi) is 2.51. The summed E-state index contributed by atoms with van der Waals surface area (Å²) in [5.74, 6) is 0.792. The lowest BCUT2D eigenvalue weighted by Gasteiger charge is -2.01. The molecular weight excluding hydrogens is 343 g/mol.